The summed E-state index contributed by atoms with van der Waals surface area (Å²) in [5, 5.41) is 43.1. The van der Waals surface area contributed by atoms with Gasteiger partial charge in [0.1, 0.15) is 24.9 Å². The Morgan fingerprint density at radius 3 is 2.00 bits per heavy atom. The zero-order valence-corrected chi connectivity index (χ0v) is 6.29. The zero-order valence-electron chi connectivity index (χ0n) is 6.29. The molecule has 0 aromatic carbocycles. The average Bonchev–Trinajstić information content (AvgIpc) is 2.12. The number of hydrogen-bond acceptors (Lipinski definition) is 6. The smallest absolute Gasteiger partial charge is 0.189 e. The van der Waals surface area contributed by atoms with Crippen molar-refractivity contribution in [2.75, 3.05) is 13.2 Å². The first-order chi connectivity index (χ1) is 5.54. The van der Waals surface area contributed by atoms with Gasteiger partial charge in [-0.2, -0.15) is 0 Å². The number of carbonyl (C=O) groups is 1. The van der Waals surface area contributed by atoms with E-state index in [0.29, 0.717) is 0 Å². The van der Waals surface area contributed by atoms with E-state index in [4.69, 9.17) is 25.5 Å². The van der Waals surface area contributed by atoms with Crippen molar-refractivity contribution in [3.63, 3.8) is 0 Å². The van der Waals surface area contributed by atoms with Crippen molar-refractivity contribution in [1.82, 2.24) is 0 Å². The summed E-state index contributed by atoms with van der Waals surface area (Å²) >= 11 is 0. The van der Waals surface area contributed by atoms with Gasteiger partial charge in [-0.05, 0) is 0 Å². The van der Waals surface area contributed by atoms with Gasteiger partial charge < -0.3 is 25.5 Å². The fraction of sp³-hybridized carbons (Fsp3) is 0.833. The minimum atomic E-state index is -1.86. The largest absolute Gasteiger partial charge is 0.394 e. The van der Waals surface area contributed by atoms with Crippen LogP contribution in [0, 0.1) is 0 Å². The van der Waals surface area contributed by atoms with E-state index in [9.17, 15) is 4.79 Å². The SMILES string of the molecule is O=C([13CH2]O)[C@H](O)[C@@H](O)[C@@H](O)CO. The van der Waals surface area contributed by atoms with Gasteiger partial charge >= 0.3 is 0 Å². The number of ketones is 1. The molecule has 0 heterocycles. The molecule has 0 aliphatic rings. The number of rotatable bonds is 5. The van der Waals surface area contributed by atoms with Gasteiger partial charge in [-0.15, -0.1) is 0 Å². The van der Waals surface area contributed by atoms with Gasteiger partial charge in [0, 0.05) is 0 Å². The second-order valence-electron chi connectivity index (χ2n) is 2.31. The Balaban J connectivity index is 4.08. The molecule has 0 amide bonds. The van der Waals surface area contributed by atoms with Crippen molar-refractivity contribution in [2.24, 2.45) is 0 Å². The van der Waals surface area contributed by atoms with E-state index in [0.717, 1.165) is 0 Å². The topological polar surface area (TPSA) is 118 Å². The van der Waals surface area contributed by atoms with Crippen molar-refractivity contribution in [3.05, 3.63) is 0 Å². The lowest BCUT2D eigenvalue weighted by atomic mass is 10.1. The summed E-state index contributed by atoms with van der Waals surface area (Å²) in [5.74, 6) is -1.00. The Bertz CT molecular complexity index is 147. The van der Waals surface area contributed by atoms with E-state index in [-0.39, 0.29) is 0 Å². The molecule has 0 aromatic heterocycles. The summed E-state index contributed by atoms with van der Waals surface area (Å²) in [5.41, 5.74) is 0. The maximum absolute atomic E-state index is 10.5. The second kappa shape index (κ2) is 5.18. The lowest BCUT2D eigenvalue weighted by Crippen LogP contribution is -2.44. The molecule has 0 saturated heterocycles. The molecule has 0 aromatic rings. The molecule has 12 heavy (non-hydrogen) atoms. The van der Waals surface area contributed by atoms with Gasteiger partial charge in [-0.25, -0.2) is 0 Å². The summed E-state index contributed by atoms with van der Waals surface area (Å²) in [4.78, 5) is 10.5. The van der Waals surface area contributed by atoms with Gasteiger partial charge in [0.15, 0.2) is 5.78 Å². The summed E-state index contributed by atoms with van der Waals surface area (Å²) in [6.45, 7) is -1.69. The quantitative estimate of drug-likeness (QED) is 0.282. The third-order valence-corrected chi connectivity index (χ3v) is 1.39. The third kappa shape index (κ3) is 2.84. The Morgan fingerprint density at radius 2 is 1.67 bits per heavy atom. The minimum absolute atomic E-state index is 0.767. The number of carbonyl (C=O) groups excluding carboxylic acids is 1. The first-order valence-corrected chi connectivity index (χ1v) is 3.33. The molecule has 5 N–H and O–H groups in total. The van der Waals surface area contributed by atoms with E-state index >= 15 is 0 Å². The first kappa shape index (κ1) is 11.5. The summed E-state index contributed by atoms with van der Waals surface area (Å²) in [7, 11) is 0. The van der Waals surface area contributed by atoms with Gasteiger partial charge in [0.05, 0.1) is 6.61 Å². The highest BCUT2D eigenvalue weighted by atomic mass is 16.4. The number of aliphatic hydroxyl groups excluding tert-OH is 5. The maximum Gasteiger partial charge on any atom is 0.189 e. The highest BCUT2D eigenvalue weighted by Crippen LogP contribution is 2.00. The Hall–Kier alpha value is -0.530. The molecule has 0 rings (SSSR count). The fourth-order valence-electron chi connectivity index (χ4n) is 0.602. The van der Waals surface area contributed by atoms with Crippen LogP contribution in [0.5, 0.6) is 0 Å². The summed E-state index contributed by atoms with van der Waals surface area (Å²) < 4.78 is 0. The molecular weight excluding hydrogens is 169 g/mol. The van der Waals surface area contributed by atoms with Crippen LogP contribution in [0.4, 0.5) is 0 Å². The molecule has 6 heteroatoms. The van der Waals surface area contributed by atoms with Crippen molar-refractivity contribution >= 4 is 5.78 Å². The number of aliphatic hydroxyl groups is 5. The van der Waals surface area contributed by atoms with E-state index < -0.39 is 37.3 Å². The molecule has 0 saturated carbocycles. The Kier molecular flexibility index (Phi) is 4.95. The molecule has 0 fully saturated rings. The minimum Gasteiger partial charge on any atom is -0.394 e. The maximum atomic E-state index is 10.5. The van der Waals surface area contributed by atoms with E-state index in [1.54, 1.807) is 0 Å². The average molecular weight is 181 g/mol. The molecule has 0 bridgehead atoms. The number of Topliss-reactive ketones (excluding diaryl/α,β-unsaturated/α-hetero) is 1. The van der Waals surface area contributed by atoms with Crippen molar-refractivity contribution in [1.29, 1.82) is 0 Å². The third-order valence-electron chi connectivity index (χ3n) is 1.39. The van der Waals surface area contributed by atoms with Crippen LogP contribution in [-0.2, 0) is 4.79 Å². The van der Waals surface area contributed by atoms with E-state index in [2.05, 4.69) is 0 Å². The highest BCUT2D eigenvalue weighted by molar-refractivity contribution is 5.84. The van der Waals surface area contributed by atoms with Crippen LogP contribution in [0.1, 0.15) is 0 Å². The standard InChI is InChI=1S/C6H12O6/c7-1-3(9)5(11)6(12)4(10)2-8/h3,5-9,11-12H,1-2H2/t3-,5-,6-/m0/s1/i2+1. The van der Waals surface area contributed by atoms with E-state index in [1.807, 2.05) is 0 Å². The van der Waals surface area contributed by atoms with E-state index in [1.165, 1.54) is 0 Å². The summed E-state index contributed by atoms with van der Waals surface area (Å²) in [6.07, 6.45) is -5.22. The van der Waals surface area contributed by atoms with Crippen LogP contribution in [-0.4, -0.2) is 62.8 Å². The molecule has 6 nitrogen and oxygen atoms in total. The highest BCUT2D eigenvalue weighted by Gasteiger charge is 2.28. The van der Waals surface area contributed by atoms with Crippen LogP contribution in [0.2, 0.25) is 0 Å². The van der Waals surface area contributed by atoms with Crippen LogP contribution >= 0.6 is 0 Å². The van der Waals surface area contributed by atoms with Gasteiger partial charge in [0.2, 0.25) is 0 Å². The first-order valence-electron chi connectivity index (χ1n) is 3.33. The fourth-order valence-corrected chi connectivity index (χ4v) is 0.602. The number of hydrogen-bond donors (Lipinski definition) is 5. The molecule has 0 radical (unpaired) electrons. The molecule has 0 aliphatic carbocycles. The van der Waals surface area contributed by atoms with Gasteiger partial charge in [0.25, 0.3) is 0 Å². The van der Waals surface area contributed by atoms with Crippen LogP contribution < -0.4 is 0 Å². The van der Waals surface area contributed by atoms with Crippen LogP contribution in [0.25, 0.3) is 0 Å². The molecule has 0 aliphatic heterocycles. The molecular formula is C6H12O6. The molecule has 72 valence electrons. The summed E-state index contributed by atoms with van der Waals surface area (Å²) in [6, 6.07) is 0. The predicted molar refractivity (Wildman–Crippen MR) is 37.2 cm³/mol. The van der Waals surface area contributed by atoms with Gasteiger partial charge in [-0.1, -0.05) is 0 Å². The lowest BCUT2D eigenvalue weighted by molar-refractivity contribution is -0.142. The Labute approximate surface area is 68.7 Å². The van der Waals surface area contributed by atoms with Gasteiger partial charge in [-0.3, -0.25) is 4.79 Å². The monoisotopic (exact) mass is 181 g/mol. The zero-order chi connectivity index (χ0) is 9.72. The molecule has 0 spiro atoms. The van der Waals surface area contributed by atoms with Crippen LogP contribution in [0.3, 0.4) is 0 Å². The van der Waals surface area contributed by atoms with Crippen LogP contribution in [0.15, 0.2) is 0 Å². The Morgan fingerprint density at radius 1 is 1.17 bits per heavy atom. The molecule has 3 atom stereocenters. The second-order valence-corrected chi connectivity index (χ2v) is 2.31. The lowest BCUT2D eigenvalue weighted by Gasteiger charge is -2.19. The normalized spacial score (nSPS) is 18.4. The van der Waals surface area contributed by atoms with Crippen molar-refractivity contribution in [3.8, 4) is 0 Å². The predicted octanol–water partition coefficient (Wildman–Crippen LogP) is -3.38. The molecule has 0 unspecified atom stereocenters. The van der Waals surface area contributed by atoms with Crippen molar-refractivity contribution in [2.45, 2.75) is 18.3 Å². The van der Waals surface area contributed by atoms with Crippen molar-refractivity contribution < 1.29 is 30.3 Å².